The van der Waals surface area contributed by atoms with E-state index in [0.717, 1.165) is 17.7 Å². The van der Waals surface area contributed by atoms with Gasteiger partial charge in [0.15, 0.2) is 6.61 Å². The Bertz CT molecular complexity index is 685. The Kier molecular flexibility index (Phi) is 6.25. The summed E-state index contributed by atoms with van der Waals surface area (Å²) in [4.78, 5) is 11.9. The SMILES string of the molecule is CCC(C)(C)NC(=O)CSc1nnc(COc2cccc(C)c2)o1. The lowest BCUT2D eigenvalue weighted by molar-refractivity contribution is -0.120. The molecule has 0 saturated carbocycles. The van der Waals surface area contributed by atoms with Crippen molar-refractivity contribution in [3.8, 4) is 5.75 Å². The molecule has 130 valence electrons. The maximum atomic E-state index is 11.9. The fraction of sp³-hybridized carbons (Fsp3) is 0.471. The first-order chi connectivity index (χ1) is 11.4. The lowest BCUT2D eigenvalue weighted by Crippen LogP contribution is -2.43. The van der Waals surface area contributed by atoms with Gasteiger partial charge in [-0.15, -0.1) is 10.2 Å². The van der Waals surface area contributed by atoms with Crippen LogP contribution in [0.4, 0.5) is 0 Å². The van der Waals surface area contributed by atoms with Crippen LogP contribution in [0.1, 0.15) is 38.6 Å². The maximum Gasteiger partial charge on any atom is 0.277 e. The number of amides is 1. The molecule has 0 bridgehead atoms. The summed E-state index contributed by atoms with van der Waals surface area (Å²) >= 11 is 1.22. The Labute approximate surface area is 146 Å². The molecule has 1 aromatic carbocycles. The molecule has 2 rings (SSSR count). The first-order valence-corrected chi connectivity index (χ1v) is 8.82. The molecule has 0 spiro atoms. The van der Waals surface area contributed by atoms with Crippen molar-refractivity contribution in [2.75, 3.05) is 5.75 Å². The smallest absolute Gasteiger partial charge is 0.277 e. The van der Waals surface area contributed by atoms with Crippen molar-refractivity contribution in [1.82, 2.24) is 15.5 Å². The quantitative estimate of drug-likeness (QED) is 0.737. The van der Waals surface area contributed by atoms with Crippen LogP contribution in [0.2, 0.25) is 0 Å². The highest BCUT2D eigenvalue weighted by Gasteiger charge is 2.18. The van der Waals surface area contributed by atoms with Gasteiger partial charge < -0.3 is 14.5 Å². The maximum absolute atomic E-state index is 11.9. The number of hydrogen-bond donors (Lipinski definition) is 1. The van der Waals surface area contributed by atoms with E-state index < -0.39 is 0 Å². The van der Waals surface area contributed by atoms with Crippen LogP contribution in [-0.4, -0.2) is 27.4 Å². The van der Waals surface area contributed by atoms with E-state index in [1.807, 2.05) is 52.0 Å². The lowest BCUT2D eigenvalue weighted by atomic mass is 10.0. The van der Waals surface area contributed by atoms with Gasteiger partial charge in [-0.2, -0.15) is 0 Å². The van der Waals surface area contributed by atoms with Crippen molar-refractivity contribution in [2.24, 2.45) is 0 Å². The molecule has 0 aliphatic heterocycles. The van der Waals surface area contributed by atoms with E-state index in [-0.39, 0.29) is 23.8 Å². The molecule has 0 aliphatic rings. The van der Waals surface area contributed by atoms with E-state index in [1.54, 1.807) is 0 Å². The number of benzene rings is 1. The molecule has 0 fully saturated rings. The number of rotatable bonds is 8. The number of ether oxygens (including phenoxy) is 1. The third-order valence-electron chi connectivity index (χ3n) is 3.49. The Morgan fingerprint density at radius 2 is 2.17 bits per heavy atom. The minimum atomic E-state index is -0.209. The Morgan fingerprint density at radius 3 is 2.88 bits per heavy atom. The van der Waals surface area contributed by atoms with Crippen LogP contribution >= 0.6 is 11.8 Å². The number of aromatic nitrogens is 2. The molecule has 2 aromatic rings. The summed E-state index contributed by atoms with van der Waals surface area (Å²) in [7, 11) is 0. The first kappa shape index (κ1) is 18.3. The van der Waals surface area contributed by atoms with Gasteiger partial charge in [0.05, 0.1) is 5.75 Å². The van der Waals surface area contributed by atoms with Gasteiger partial charge in [0.1, 0.15) is 5.75 Å². The van der Waals surface area contributed by atoms with E-state index in [0.29, 0.717) is 11.1 Å². The summed E-state index contributed by atoms with van der Waals surface area (Å²) in [5.74, 6) is 1.32. The monoisotopic (exact) mass is 349 g/mol. The van der Waals surface area contributed by atoms with Crippen molar-refractivity contribution in [1.29, 1.82) is 0 Å². The Hall–Kier alpha value is -2.02. The zero-order valence-corrected chi connectivity index (χ0v) is 15.3. The second-order valence-electron chi connectivity index (χ2n) is 6.14. The molecule has 1 heterocycles. The predicted molar refractivity (Wildman–Crippen MR) is 93.0 cm³/mol. The Balaban J connectivity index is 1.79. The molecule has 0 radical (unpaired) electrons. The van der Waals surface area contributed by atoms with Crippen molar-refractivity contribution < 1.29 is 13.9 Å². The third-order valence-corrected chi connectivity index (χ3v) is 4.31. The fourth-order valence-electron chi connectivity index (χ4n) is 1.83. The van der Waals surface area contributed by atoms with E-state index >= 15 is 0 Å². The zero-order chi connectivity index (χ0) is 17.6. The number of carbonyl (C=O) groups excluding carboxylic acids is 1. The van der Waals surface area contributed by atoms with Crippen molar-refractivity contribution in [3.63, 3.8) is 0 Å². The molecule has 6 nitrogen and oxygen atoms in total. The number of nitrogens with one attached hydrogen (secondary N) is 1. The fourth-order valence-corrected chi connectivity index (χ4v) is 2.41. The molecule has 0 unspecified atom stereocenters. The molecule has 1 amide bonds. The topological polar surface area (TPSA) is 77.2 Å². The van der Waals surface area contributed by atoms with E-state index in [1.165, 1.54) is 11.8 Å². The molecule has 1 N–H and O–H groups in total. The minimum Gasteiger partial charge on any atom is -0.484 e. The van der Waals surface area contributed by atoms with Gasteiger partial charge in [0.2, 0.25) is 5.91 Å². The molecule has 24 heavy (non-hydrogen) atoms. The van der Waals surface area contributed by atoms with Gasteiger partial charge in [0.25, 0.3) is 11.1 Å². The van der Waals surface area contributed by atoms with Crippen molar-refractivity contribution in [2.45, 2.75) is 51.5 Å². The largest absolute Gasteiger partial charge is 0.484 e. The molecule has 0 aliphatic carbocycles. The summed E-state index contributed by atoms with van der Waals surface area (Å²) in [5, 5.41) is 11.2. The number of thioether (sulfide) groups is 1. The lowest BCUT2D eigenvalue weighted by Gasteiger charge is -2.24. The van der Waals surface area contributed by atoms with Crippen LogP contribution in [0.5, 0.6) is 5.75 Å². The van der Waals surface area contributed by atoms with E-state index in [9.17, 15) is 4.79 Å². The van der Waals surface area contributed by atoms with Crippen LogP contribution in [0.3, 0.4) is 0 Å². The van der Waals surface area contributed by atoms with Crippen LogP contribution in [0.25, 0.3) is 0 Å². The zero-order valence-electron chi connectivity index (χ0n) is 14.5. The summed E-state index contributed by atoms with van der Waals surface area (Å²) < 4.78 is 11.1. The van der Waals surface area contributed by atoms with E-state index in [4.69, 9.17) is 9.15 Å². The second-order valence-corrected chi connectivity index (χ2v) is 7.07. The highest BCUT2D eigenvalue weighted by atomic mass is 32.2. The van der Waals surface area contributed by atoms with Crippen molar-refractivity contribution in [3.05, 3.63) is 35.7 Å². The summed E-state index contributed by atoms with van der Waals surface area (Å²) in [6, 6.07) is 7.74. The minimum absolute atomic E-state index is 0.0531. The molecule has 1 aromatic heterocycles. The number of carbonyl (C=O) groups is 1. The van der Waals surface area contributed by atoms with Gasteiger partial charge in [0, 0.05) is 5.54 Å². The van der Waals surface area contributed by atoms with Crippen LogP contribution in [-0.2, 0) is 11.4 Å². The molecule has 0 atom stereocenters. The standard InChI is InChI=1S/C17H23N3O3S/c1-5-17(3,4)18-14(21)11-24-16-20-19-15(23-16)10-22-13-8-6-7-12(2)9-13/h6-9H,5,10-11H2,1-4H3,(H,18,21). The molecule has 7 heteroatoms. The third kappa shape index (κ3) is 5.88. The van der Waals surface area contributed by atoms with Crippen LogP contribution in [0.15, 0.2) is 33.9 Å². The van der Waals surface area contributed by atoms with Gasteiger partial charge in [-0.3, -0.25) is 4.79 Å². The average molecular weight is 349 g/mol. The highest BCUT2D eigenvalue weighted by Crippen LogP contribution is 2.18. The highest BCUT2D eigenvalue weighted by molar-refractivity contribution is 7.99. The molecular weight excluding hydrogens is 326 g/mol. The Morgan fingerprint density at radius 1 is 1.38 bits per heavy atom. The van der Waals surface area contributed by atoms with Gasteiger partial charge >= 0.3 is 0 Å². The number of hydrogen-bond acceptors (Lipinski definition) is 6. The van der Waals surface area contributed by atoms with Crippen molar-refractivity contribution >= 4 is 17.7 Å². The van der Waals surface area contributed by atoms with Crippen LogP contribution < -0.4 is 10.1 Å². The normalized spacial score (nSPS) is 11.3. The molecular formula is C17H23N3O3S. The number of aryl methyl sites for hydroxylation is 1. The first-order valence-electron chi connectivity index (χ1n) is 7.83. The second kappa shape index (κ2) is 8.19. The summed E-state index contributed by atoms with van der Waals surface area (Å²) in [6.45, 7) is 8.21. The van der Waals surface area contributed by atoms with Gasteiger partial charge in [-0.05, 0) is 44.9 Å². The van der Waals surface area contributed by atoms with Gasteiger partial charge in [-0.25, -0.2) is 0 Å². The number of nitrogens with zero attached hydrogens (tertiary/aromatic N) is 2. The average Bonchev–Trinajstić information content (AvgIpc) is 2.99. The van der Waals surface area contributed by atoms with E-state index in [2.05, 4.69) is 15.5 Å². The summed E-state index contributed by atoms with van der Waals surface area (Å²) in [6.07, 6.45) is 0.865. The summed E-state index contributed by atoms with van der Waals surface area (Å²) in [5.41, 5.74) is 0.912. The predicted octanol–water partition coefficient (Wildman–Crippen LogP) is 3.35. The van der Waals surface area contributed by atoms with Crippen LogP contribution in [0, 0.1) is 6.92 Å². The van der Waals surface area contributed by atoms with Gasteiger partial charge in [-0.1, -0.05) is 30.8 Å². The molecule has 0 saturated heterocycles.